The van der Waals surface area contributed by atoms with Crippen molar-refractivity contribution in [3.05, 3.63) is 0 Å². The molecule has 1 fully saturated rings. The van der Waals surface area contributed by atoms with Crippen LogP contribution in [0.1, 0.15) is 26.7 Å². The number of aliphatic carboxylic acids is 1. The van der Waals surface area contributed by atoms with Crippen molar-refractivity contribution in [1.29, 1.82) is 0 Å². The maximum atomic E-state index is 11.6. The van der Waals surface area contributed by atoms with Gasteiger partial charge < -0.3 is 15.3 Å². The van der Waals surface area contributed by atoms with Gasteiger partial charge >= 0.3 is 12.0 Å². The molecule has 86 valence electrons. The summed E-state index contributed by atoms with van der Waals surface area (Å²) in [4.78, 5) is 23.8. The first-order chi connectivity index (χ1) is 7.00. The number of rotatable bonds is 2. The van der Waals surface area contributed by atoms with Crippen molar-refractivity contribution in [3.63, 3.8) is 0 Å². The standard InChI is InChI=1S/C10H18N2O3/c1-7-3-5-12(6-4-7)10(15)11-8(2)9(13)14/h7-8H,3-6H2,1-2H3,(H,11,15)(H,13,14). The molecule has 1 atom stereocenters. The summed E-state index contributed by atoms with van der Waals surface area (Å²) in [5.41, 5.74) is 0. The summed E-state index contributed by atoms with van der Waals surface area (Å²) in [6.45, 7) is 5.07. The molecular formula is C10H18N2O3. The highest BCUT2D eigenvalue weighted by Crippen LogP contribution is 2.15. The van der Waals surface area contributed by atoms with Crippen molar-refractivity contribution in [2.45, 2.75) is 32.7 Å². The van der Waals surface area contributed by atoms with Crippen LogP contribution in [0.2, 0.25) is 0 Å². The molecule has 0 aromatic rings. The maximum Gasteiger partial charge on any atom is 0.325 e. The minimum atomic E-state index is -1.01. The Morgan fingerprint density at radius 1 is 1.40 bits per heavy atom. The number of carbonyl (C=O) groups is 2. The van der Waals surface area contributed by atoms with Gasteiger partial charge in [-0.3, -0.25) is 4.79 Å². The summed E-state index contributed by atoms with van der Waals surface area (Å²) < 4.78 is 0. The lowest BCUT2D eigenvalue weighted by atomic mass is 10.00. The number of carbonyl (C=O) groups excluding carboxylic acids is 1. The second kappa shape index (κ2) is 5.00. The van der Waals surface area contributed by atoms with Crippen LogP contribution < -0.4 is 5.32 Å². The van der Waals surface area contributed by atoms with E-state index in [9.17, 15) is 9.59 Å². The van der Waals surface area contributed by atoms with E-state index in [1.165, 1.54) is 6.92 Å². The number of urea groups is 1. The number of carboxylic acids is 1. The lowest BCUT2D eigenvalue weighted by Gasteiger charge is -2.30. The molecule has 5 heteroatoms. The molecule has 1 unspecified atom stereocenters. The number of piperidine rings is 1. The zero-order valence-corrected chi connectivity index (χ0v) is 9.19. The van der Waals surface area contributed by atoms with E-state index in [4.69, 9.17) is 5.11 Å². The first-order valence-corrected chi connectivity index (χ1v) is 5.29. The van der Waals surface area contributed by atoms with Gasteiger partial charge in [0.15, 0.2) is 0 Å². The Morgan fingerprint density at radius 3 is 2.40 bits per heavy atom. The van der Waals surface area contributed by atoms with Crippen LogP contribution in [0.4, 0.5) is 4.79 Å². The van der Waals surface area contributed by atoms with Crippen LogP contribution in [0.25, 0.3) is 0 Å². The van der Waals surface area contributed by atoms with Gasteiger partial charge in [0, 0.05) is 13.1 Å². The smallest absolute Gasteiger partial charge is 0.325 e. The Hall–Kier alpha value is -1.26. The predicted molar refractivity (Wildman–Crippen MR) is 55.6 cm³/mol. The highest BCUT2D eigenvalue weighted by molar-refractivity contribution is 5.82. The minimum absolute atomic E-state index is 0.267. The Morgan fingerprint density at radius 2 is 1.93 bits per heavy atom. The highest BCUT2D eigenvalue weighted by Gasteiger charge is 2.22. The third-order valence-corrected chi connectivity index (χ3v) is 2.78. The summed E-state index contributed by atoms with van der Waals surface area (Å²) in [5, 5.41) is 11.1. The van der Waals surface area contributed by atoms with E-state index in [0.29, 0.717) is 5.92 Å². The van der Waals surface area contributed by atoms with E-state index in [2.05, 4.69) is 12.2 Å². The topological polar surface area (TPSA) is 69.6 Å². The zero-order chi connectivity index (χ0) is 11.4. The van der Waals surface area contributed by atoms with Crippen molar-refractivity contribution in [2.75, 3.05) is 13.1 Å². The Bertz CT molecular complexity index is 247. The van der Waals surface area contributed by atoms with Crippen molar-refractivity contribution in [3.8, 4) is 0 Å². The average molecular weight is 214 g/mol. The summed E-state index contributed by atoms with van der Waals surface area (Å²) in [7, 11) is 0. The lowest BCUT2D eigenvalue weighted by molar-refractivity contribution is -0.138. The van der Waals surface area contributed by atoms with Gasteiger partial charge in [0.2, 0.25) is 0 Å². The van der Waals surface area contributed by atoms with Crippen molar-refractivity contribution in [2.24, 2.45) is 5.92 Å². The molecule has 2 amide bonds. The number of nitrogens with one attached hydrogen (secondary N) is 1. The molecule has 1 saturated heterocycles. The second-order valence-electron chi connectivity index (χ2n) is 4.18. The van der Waals surface area contributed by atoms with Crippen LogP contribution in [0.3, 0.4) is 0 Å². The van der Waals surface area contributed by atoms with E-state index < -0.39 is 12.0 Å². The van der Waals surface area contributed by atoms with E-state index in [0.717, 1.165) is 25.9 Å². The van der Waals surface area contributed by atoms with Gasteiger partial charge in [-0.05, 0) is 25.7 Å². The summed E-state index contributed by atoms with van der Waals surface area (Å²) >= 11 is 0. The molecule has 0 aromatic carbocycles. The highest BCUT2D eigenvalue weighted by atomic mass is 16.4. The fourth-order valence-electron chi connectivity index (χ4n) is 1.55. The second-order valence-corrected chi connectivity index (χ2v) is 4.18. The Kier molecular flexibility index (Phi) is 3.94. The van der Waals surface area contributed by atoms with Crippen LogP contribution in [0.15, 0.2) is 0 Å². The van der Waals surface area contributed by atoms with Gasteiger partial charge in [-0.1, -0.05) is 6.92 Å². The SMILES string of the molecule is CC1CCN(C(=O)NC(C)C(=O)O)CC1. The number of carboxylic acid groups (broad SMARTS) is 1. The molecule has 5 nitrogen and oxygen atoms in total. The molecule has 1 aliphatic rings. The number of likely N-dealkylation sites (tertiary alicyclic amines) is 1. The van der Waals surface area contributed by atoms with Gasteiger partial charge in [-0.25, -0.2) is 4.79 Å². The van der Waals surface area contributed by atoms with Gasteiger partial charge in [0.05, 0.1) is 0 Å². The summed E-state index contributed by atoms with van der Waals surface area (Å²) in [6.07, 6.45) is 1.99. The number of hydrogen-bond acceptors (Lipinski definition) is 2. The first-order valence-electron chi connectivity index (χ1n) is 5.29. The lowest BCUT2D eigenvalue weighted by Crippen LogP contribution is -2.49. The van der Waals surface area contributed by atoms with E-state index in [1.807, 2.05) is 0 Å². The zero-order valence-electron chi connectivity index (χ0n) is 9.19. The Balaban J connectivity index is 2.37. The summed E-state index contributed by atoms with van der Waals surface area (Å²) in [5.74, 6) is -0.348. The summed E-state index contributed by atoms with van der Waals surface area (Å²) in [6, 6.07) is -1.09. The normalized spacial score (nSPS) is 19.7. The average Bonchev–Trinajstić information content (AvgIpc) is 2.18. The van der Waals surface area contributed by atoms with Crippen LogP contribution >= 0.6 is 0 Å². The largest absolute Gasteiger partial charge is 0.480 e. The monoisotopic (exact) mass is 214 g/mol. The van der Waals surface area contributed by atoms with Crippen molar-refractivity contribution < 1.29 is 14.7 Å². The third-order valence-electron chi connectivity index (χ3n) is 2.78. The molecule has 0 saturated carbocycles. The molecule has 0 radical (unpaired) electrons. The fourth-order valence-corrected chi connectivity index (χ4v) is 1.55. The van der Waals surface area contributed by atoms with E-state index >= 15 is 0 Å². The third kappa shape index (κ3) is 3.42. The van der Waals surface area contributed by atoms with Gasteiger partial charge in [0.25, 0.3) is 0 Å². The van der Waals surface area contributed by atoms with Crippen LogP contribution in [-0.2, 0) is 4.79 Å². The molecule has 0 aliphatic carbocycles. The minimum Gasteiger partial charge on any atom is -0.480 e. The molecule has 2 N–H and O–H groups in total. The van der Waals surface area contributed by atoms with Crippen molar-refractivity contribution in [1.82, 2.24) is 10.2 Å². The van der Waals surface area contributed by atoms with E-state index in [-0.39, 0.29) is 6.03 Å². The van der Waals surface area contributed by atoms with Crippen LogP contribution in [0.5, 0.6) is 0 Å². The fraction of sp³-hybridized carbons (Fsp3) is 0.800. The molecule has 1 rings (SSSR count). The molecule has 15 heavy (non-hydrogen) atoms. The molecular weight excluding hydrogens is 196 g/mol. The maximum absolute atomic E-state index is 11.6. The number of nitrogens with zero attached hydrogens (tertiary/aromatic N) is 1. The predicted octanol–water partition coefficient (Wildman–Crippen LogP) is 0.901. The van der Waals surface area contributed by atoms with Crippen LogP contribution in [-0.4, -0.2) is 41.1 Å². The van der Waals surface area contributed by atoms with Gasteiger partial charge in [-0.15, -0.1) is 0 Å². The molecule has 0 aromatic heterocycles. The van der Waals surface area contributed by atoms with Crippen LogP contribution in [0, 0.1) is 5.92 Å². The molecule has 0 spiro atoms. The van der Waals surface area contributed by atoms with E-state index in [1.54, 1.807) is 4.90 Å². The van der Waals surface area contributed by atoms with Crippen molar-refractivity contribution >= 4 is 12.0 Å². The number of hydrogen-bond donors (Lipinski definition) is 2. The first kappa shape index (κ1) is 11.8. The number of amides is 2. The molecule has 0 bridgehead atoms. The Labute approximate surface area is 89.4 Å². The van der Waals surface area contributed by atoms with Gasteiger partial charge in [0.1, 0.15) is 6.04 Å². The molecule has 1 aliphatic heterocycles. The quantitative estimate of drug-likeness (QED) is 0.717. The molecule has 1 heterocycles. The van der Waals surface area contributed by atoms with Gasteiger partial charge in [-0.2, -0.15) is 0 Å².